The predicted octanol–water partition coefficient (Wildman–Crippen LogP) is 1.51. The molecular weight excluding hydrogens is 202 g/mol. The van der Waals surface area contributed by atoms with E-state index >= 15 is 0 Å². The minimum absolute atomic E-state index is 0.341. The van der Waals surface area contributed by atoms with Gasteiger partial charge in [-0.05, 0) is 12.1 Å². The number of hydrogen-bond acceptors (Lipinski definition) is 5. The van der Waals surface area contributed by atoms with Crippen molar-refractivity contribution in [3.05, 3.63) is 42.5 Å². The molecule has 5 nitrogen and oxygen atoms in total. The summed E-state index contributed by atoms with van der Waals surface area (Å²) >= 11 is 0. The highest BCUT2D eigenvalue weighted by molar-refractivity contribution is 5.55. The number of hydrogen-bond donors (Lipinski definition) is 0. The van der Waals surface area contributed by atoms with E-state index in [-0.39, 0.29) is 0 Å². The van der Waals surface area contributed by atoms with Crippen LogP contribution < -0.4 is 4.90 Å². The topological polar surface area (TPSA) is 65.7 Å². The van der Waals surface area contributed by atoms with Crippen LogP contribution >= 0.6 is 0 Å². The Hall–Kier alpha value is -2.48. The summed E-state index contributed by atoms with van der Waals surface area (Å²) in [5, 5.41) is 8.74. The summed E-state index contributed by atoms with van der Waals surface area (Å²) in [6, 6.07) is 9.20. The van der Waals surface area contributed by atoms with Crippen molar-refractivity contribution < 1.29 is 0 Å². The maximum atomic E-state index is 8.74. The second-order valence-corrected chi connectivity index (χ2v) is 3.12. The Balaban J connectivity index is 2.35. The van der Waals surface area contributed by atoms with Crippen LogP contribution in [0.5, 0.6) is 0 Å². The molecule has 0 saturated heterocycles. The fourth-order valence-corrected chi connectivity index (χ4v) is 1.26. The lowest BCUT2D eigenvalue weighted by molar-refractivity contribution is 1.04. The van der Waals surface area contributed by atoms with Crippen LogP contribution in [0.15, 0.2) is 36.8 Å². The Labute approximate surface area is 93.0 Å². The number of anilines is 2. The zero-order valence-electron chi connectivity index (χ0n) is 8.70. The molecule has 0 spiro atoms. The largest absolute Gasteiger partial charge is 0.314 e. The van der Waals surface area contributed by atoms with E-state index in [0.717, 1.165) is 5.82 Å². The summed E-state index contributed by atoms with van der Waals surface area (Å²) < 4.78 is 0. The van der Waals surface area contributed by atoms with Gasteiger partial charge in [0.2, 0.25) is 0 Å². The molecule has 5 heteroatoms. The van der Waals surface area contributed by atoms with Gasteiger partial charge in [-0.3, -0.25) is 0 Å². The van der Waals surface area contributed by atoms with Crippen LogP contribution in [0.25, 0.3) is 0 Å². The van der Waals surface area contributed by atoms with Gasteiger partial charge in [0.1, 0.15) is 29.7 Å². The number of nitriles is 1. The van der Waals surface area contributed by atoms with E-state index < -0.39 is 0 Å². The van der Waals surface area contributed by atoms with Crippen molar-refractivity contribution in [3.63, 3.8) is 0 Å². The summed E-state index contributed by atoms with van der Waals surface area (Å²) in [5.74, 6) is 1.41. The third-order valence-corrected chi connectivity index (χ3v) is 2.10. The molecule has 2 aromatic heterocycles. The maximum absolute atomic E-state index is 8.74. The molecule has 0 bridgehead atoms. The molecular formula is C11H9N5. The minimum atomic E-state index is 0.341. The highest BCUT2D eigenvalue weighted by Gasteiger charge is 2.06. The SMILES string of the molecule is CN(c1ccccn1)c1cc(C#N)ncn1. The van der Waals surface area contributed by atoms with E-state index in [9.17, 15) is 0 Å². The van der Waals surface area contributed by atoms with E-state index in [1.54, 1.807) is 17.2 Å². The molecule has 0 aliphatic rings. The lowest BCUT2D eigenvalue weighted by Gasteiger charge is -2.16. The van der Waals surface area contributed by atoms with Crippen LogP contribution in [0.3, 0.4) is 0 Å². The van der Waals surface area contributed by atoms with Crippen molar-refractivity contribution in [1.29, 1.82) is 5.26 Å². The second kappa shape index (κ2) is 4.36. The molecule has 0 N–H and O–H groups in total. The number of aromatic nitrogens is 3. The smallest absolute Gasteiger partial charge is 0.145 e. The quantitative estimate of drug-likeness (QED) is 0.753. The van der Waals surface area contributed by atoms with Crippen molar-refractivity contribution in [2.45, 2.75) is 0 Å². The summed E-state index contributed by atoms with van der Waals surface area (Å²) in [6.45, 7) is 0. The van der Waals surface area contributed by atoms with Gasteiger partial charge in [0.15, 0.2) is 0 Å². The molecule has 0 atom stereocenters. The molecule has 0 aliphatic heterocycles. The minimum Gasteiger partial charge on any atom is -0.314 e. The standard InChI is InChI=1S/C11H9N5/c1-16(10-4-2-3-5-13-10)11-6-9(7-12)14-8-15-11/h2-6,8H,1H3. The third-order valence-electron chi connectivity index (χ3n) is 2.10. The van der Waals surface area contributed by atoms with Gasteiger partial charge in [-0.1, -0.05) is 6.07 Å². The first-order valence-electron chi connectivity index (χ1n) is 4.68. The first kappa shape index (κ1) is 10.1. The summed E-state index contributed by atoms with van der Waals surface area (Å²) in [7, 11) is 1.84. The van der Waals surface area contributed by atoms with Crippen molar-refractivity contribution in [3.8, 4) is 6.07 Å². The molecule has 0 amide bonds. The average Bonchev–Trinajstić information content (AvgIpc) is 2.39. The van der Waals surface area contributed by atoms with Crippen LogP contribution in [0, 0.1) is 11.3 Å². The molecule has 16 heavy (non-hydrogen) atoms. The van der Waals surface area contributed by atoms with E-state index in [4.69, 9.17) is 5.26 Å². The Morgan fingerprint density at radius 3 is 2.75 bits per heavy atom. The first-order valence-corrected chi connectivity index (χ1v) is 4.68. The number of nitrogens with zero attached hydrogens (tertiary/aromatic N) is 5. The monoisotopic (exact) mass is 211 g/mol. The summed E-state index contributed by atoms with van der Waals surface area (Å²) in [5.41, 5.74) is 0.341. The molecule has 2 rings (SSSR count). The second-order valence-electron chi connectivity index (χ2n) is 3.12. The highest BCUT2D eigenvalue weighted by atomic mass is 15.2. The first-order chi connectivity index (χ1) is 7.81. The van der Waals surface area contributed by atoms with Crippen LogP contribution in [0.2, 0.25) is 0 Å². The summed E-state index contributed by atoms with van der Waals surface area (Å²) in [6.07, 6.45) is 3.07. The van der Waals surface area contributed by atoms with E-state index in [1.165, 1.54) is 6.33 Å². The molecule has 0 saturated carbocycles. The lowest BCUT2D eigenvalue weighted by Crippen LogP contribution is -2.12. The van der Waals surface area contributed by atoms with Crippen LogP contribution in [-0.2, 0) is 0 Å². The molecule has 0 radical (unpaired) electrons. The van der Waals surface area contributed by atoms with Gasteiger partial charge in [-0.2, -0.15) is 5.26 Å². The Morgan fingerprint density at radius 2 is 2.06 bits per heavy atom. The molecule has 0 fully saturated rings. The predicted molar refractivity (Wildman–Crippen MR) is 59.0 cm³/mol. The van der Waals surface area contributed by atoms with Crippen molar-refractivity contribution in [2.24, 2.45) is 0 Å². The van der Waals surface area contributed by atoms with Crippen LogP contribution in [-0.4, -0.2) is 22.0 Å². The van der Waals surface area contributed by atoms with Gasteiger partial charge in [0, 0.05) is 19.3 Å². The van der Waals surface area contributed by atoms with E-state index in [1.807, 2.05) is 31.3 Å². The molecule has 0 unspecified atom stereocenters. The fourth-order valence-electron chi connectivity index (χ4n) is 1.26. The van der Waals surface area contributed by atoms with Crippen LogP contribution in [0.4, 0.5) is 11.6 Å². The fraction of sp³-hybridized carbons (Fsp3) is 0.0909. The van der Waals surface area contributed by atoms with Crippen LogP contribution in [0.1, 0.15) is 5.69 Å². The zero-order valence-corrected chi connectivity index (χ0v) is 8.70. The Bertz CT molecular complexity index is 517. The molecule has 78 valence electrons. The number of pyridine rings is 1. The van der Waals surface area contributed by atoms with Gasteiger partial charge in [0.25, 0.3) is 0 Å². The van der Waals surface area contributed by atoms with E-state index in [2.05, 4.69) is 15.0 Å². The number of rotatable bonds is 2. The molecule has 0 aliphatic carbocycles. The highest BCUT2D eigenvalue weighted by Crippen LogP contribution is 2.18. The van der Waals surface area contributed by atoms with Crippen molar-refractivity contribution in [2.75, 3.05) is 11.9 Å². The Morgan fingerprint density at radius 1 is 1.19 bits per heavy atom. The maximum Gasteiger partial charge on any atom is 0.145 e. The van der Waals surface area contributed by atoms with Gasteiger partial charge < -0.3 is 4.90 Å². The lowest BCUT2D eigenvalue weighted by atomic mass is 10.4. The summed E-state index contributed by atoms with van der Waals surface area (Å²) in [4.78, 5) is 13.9. The van der Waals surface area contributed by atoms with Gasteiger partial charge >= 0.3 is 0 Å². The van der Waals surface area contributed by atoms with Gasteiger partial charge in [0.05, 0.1) is 0 Å². The molecule has 0 aromatic carbocycles. The average molecular weight is 211 g/mol. The van der Waals surface area contributed by atoms with Crippen molar-refractivity contribution >= 4 is 11.6 Å². The molecule has 2 aromatic rings. The van der Waals surface area contributed by atoms with Gasteiger partial charge in [-0.25, -0.2) is 15.0 Å². The van der Waals surface area contributed by atoms with Gasteiger partial charge in [-0.15, -0.1) is 0 Å². The normalized spacial score (nSPS) is 9.50. The van der Waals surface area contributed by atoms with E-state index in [0.29, 0.717) is 11.5 Å². The zero-order chi connectivity index (χ0) is 11.4. The molecule has 2 heterocycles. The third kappa shape index (κ3) is 1.96. The van der Waals surface area contributed by atoms with Crippen molar-refractivity contribution in [1.82, 2.24) is 15.0 Å². The Kier molecular flexibility index (Phi) is 2.74.